The predicted octanol–water partition coefficient (Wildman–Crippen LogP) is 0.959. The maximum Gasteiger partial charge on any atom is 0.209 e. The average molecular weight is 489 g/mol. The Morgan fingerprint density at radius 3 is 2.74 bits per heavy atom. The molecule has 182 valence electrons. The van der Waals surface area contributed by atoms with Crippen molar-refractivity contribution in [2.24, 2.45) is 5.14 Å². The Hall–Kier alpha value is -2.64. The fraction of sp³-hybridized carbons (Fsp3) is 0.500. The van der Waals surface area contributed by atoms with E-state index in [1.807, 2.05) is 12.1 Å². The number of fused-ring (bicyclic) bond motifs is 2. The third-order valence-corrected chi connectivity index (χ3v) is 7.55. The van der Waals surface area contributed by atoms with Crippen LogP contribution in [0.2, 0.25) is 0 Å². The Morgan fingerprint density at radius 1 is 1.21 bits per heavy atom. The number of aliphatic hydroxyl groups excluding tert-OH is 2. The number of sulfonamides is 1. The van der Waals surface area contributed by atoms with Crippen LogP contribution in [0.5, 0.6) is 0 Å². The molecule has 12 heteroatoms. The minimum absolute atomic E-state index is 0.0176. The van der Waals surface area contributed by atoms with Crippen molar-refractivity contribution < 1.29 is 23.4 Å². The van der Waals surface area contributed by atoms with Crippen LogP contribution in [0.15, 0.2) is 36.9 Å². The Kier molecular flexibility index (Phi) is 5.60. The minimum atomic E-state index is -3.73. The van der Waals surface area contributed by atoms with Crippen LogP contribution in [0.4, 0.5) is 5.82 Å². The van der Waals surface area contributed by atoms with E-state index < -0.39 is 34.6 Å². The fourth-order valence-corrected chi connectivity index (χ4v) is 5.62. The molecule has 5 atom stereocenters. The lowest BCUT2D eigenvalue weighted by Crippen LogP contribution is -2.33. The maximum atomic E-state index is 11.3. The number of benzene rings is 1. The Labute approximate surface area is 197 Å². The molecule has 2 aliphatic rings. The topological polar surface area (TPSA) is 165 Å². The zero-order valence-corrected chi connectivity index (χ0v) is 19.7. The molecule has 1 aromatic carbocycles. The van der Waals surface area contributed by atoms with Gasteiger partial charge in [-0.25, -0.2) is 28.5 Å². The predicted molar refractivity (Wildman–Crippen MR) is 124 cm³/mol. The van der Waals surface area contributed by atoms with Crippen LogP contribution in [0.1, 0.15) is 50.1 Å². The first kappa shape index (κ1) is 23.1. The number of aromatic nitrogens is 4. The minimum Gasteiger partial charge on any atom is -0.388 e. The summed E-state index contributed by atoms with van der Waals surface area (Å²) in [5, 5.41) is 29.5. The monoisotopic (exact) mass is 488 g/mol. The molecule has 5 rings (SSSR count). The number of hydrogen-bond acceptors (Lipinski definition) is 9. The lowest BCUT2D eigenvalue weighted by molar-refractivity contribution is -0.0353. The fourth-order valence-electron chi connectivity index (χ4n) is 5.06. The number of rotatable bonds is 6. The van der Waals surface area contributed by atoms with E-state index in [0.717, 1.165) is 6.42 Å². The van der Waals surface area contributed by atoms with Gasteiger partial charge >= 0.3 is 0 Å². The van der Waals surface area contributed by atoms with Gasteiger partial charge in [0, 0.05) is 0 Å². The van der Waals surface area contributed by atoms with E-state index in [2.05, 4.69) is 46.2 Å². The van der Waals surface area contributed by atoms with E-state index in [1.165, 1.54) is 28.3 Å². The smallest absolute Gasteiger partial charge is 0.209 e. The van der Waals surface area contributed by atoms with Crippen LogP contribution in [0.25, 0.3) is 11.2 Å². The lowest BCUT2D eigenvalue weighted by atomic mass is 9.86. The number of nitrogens with zero attached hydrogens (tertiary/aromatic N) is 4. The molecule has 1 aliphatic carbocycles. The van der Waals surface area contributed by atoms with Gasteiger partial charge in [0.1, 0.15) is 18.5 Å². The first-order valence-electron chi connectivity index (χ1n) is 11.1. The quantitative estimate of drug-likeness (QED) is 0.395. The second-order valence-electron chi connectivity index (χ2n) is 9.62. The van der Waals surface area contributed by atoms with E-state index in [0.29, 0.717) is 17.0 Å². The molecule has 3 heterocycles. The summed E-state index contributed by atoms with van der Waals surface area (Å²) in [6.45, 7) is 4.43. The third-order valence-electron chi connectivity index (χ3n) is 6.75. The van der Waals surface area contributed by atoms with Crippen LogP contribution in [0, 0.1) is 0 Å². The van der Waals surface area contributed by atoms with Crippen LogP contribution < -0.4 is 10.5 Å². The SMILES string of the molecule is CC1(C)CC(Nc2ncnc3c2ncn3[C@@H]2O[C@H](CCS(N)(=O)=O)[C@@H](O)[C@H]2O)c2ccccc21. The Balaban J connectivity index is 1.42. The molecule has 1 unspecified atom stereocenters. The Morgan fingerprint density at radius 2 is 1.97 bits per heavy atom. The van der Waals surface area contributed by atoms with Gasteiger partial charge in [-0.05, 0) is 29.4 Å². The van der Waals surface area contributed by atoms with Crippen molar-refractivity contribution in [2.45, 2.75) is 62.7 Å². The van der Waals surface area contributed by atoms with Crippen LogP contribution in [0.3, 0.4) is 0 Å². The first-order chi connectivity index (χ1) is 16.0. The molecule has 5 N–H and O–H groups in total. The number of imidazole rings is 1. The van der Waals surface area contributed by atoms with Gasteiger partial charge in [-0.2, -0.15) is 0 Å². The van der Waals surface area contributed by atoms with Crippen LogP contribution >= 0.6 is 0 Å². The summed E-state index contributed by atoms with van der Waals surface area (Å²) < 4.78 is 29.9. The highest BCUT2D eigenvalue weighted by atomic mass is 32.2. The number of nitrogens with two attached hydrogens (primary N) is 1. The maximum absolute atomic E-state index is 11.3. The van der Waals surface area contributed by atoms with E-state index in [1.54, 1.807) is 0 Å². The van der Waals surface area contributed by atoms with Crippen molar-refractivity contribution in [3.63, 3.8) is 0 Å². The molecule has 0 radical (unpaired) electrons. The molecule has 1 aliphatic heterocycles. The number of hydrogen-bond donors (Lipinski definition) is 4. The number of anilines is 1. The van der Waals surface area contributed by atoms with E-state index in [9.17, 15) is 18.6 Å². The summed E-state index contributed by atoms with van der Waals surface area (Å²) in [7, 11) is -3.73. The van der Waals surface area contributed by atoms with Crippen molar-refractivity contribution >= 4 is 27.0 Å². The highest BCUT2D eigenvalue weighted by Crippen LogP contribution is 2.46. The van der Waals surface area contributed by atoms with Crippen LogP contribution in [-0.2, 0) is 20.2 Å². The van der Waals surface area contributed by atoms with E-state index >= 15 is 0 Å². The van der Waals surface area contributed by atoms with Gasteiger partial charge in [0.15, 0.2) is 23.2 Å². The molecule has 0 bridgehead atoms. The van der Waals surface area contributed by atoms with Gasteiger partial charge in [-0.1, -0.05) is 38.1 Å². The highest BCUT2D eigenvalue weighted by Gasteiger charge is 2.44. The molecular formula is C22H28N6O5S. The van der Waals surface area contributed by atoms with E-state index in [-0.39, 0.29) is 23.6 Å². The van der Waals surface area contributed by atoms with Gasteiger partial charge in [-0.15, -0.1) is 0 Å². The van der Waals surface area contributed by atoms with Crippen molar-refractivity contribution in [2.75, 3.05) is 11.1 Å². The average Bonchev–Trinajstić information content (AvgIpc) is 3.40. The number of aliphatic hydroxyl groups is 2. The zero-order chi connectivity index (χ0) is 24.3. The molecule has 1 saturated heterocycles. The van der Waals surface area contributed by atoms with Crippen molar-refractivity contribution in [3.8, 4) is 0 Å². The largest absolute Gasteiger partial charge is 0.388 e. The molecule has 3 aromatic rings. The molecule has 1 fully saturated rings. The first-order valence-corrected chi connectivity index (χ1v) is 12.8. The van der Waals surface area contributed by atoms with Gasteiger partial charge < -0.3 is 20.3 Å². The summed E-state index contributed by atoms with van der Waals surface area (Å²) in [5.41, 5.74) is 3.46. The molecule has 0 saturated carbocycles. The van der Waals surface area contributed by atoms with Crippen molar-refractivity contribution in [3.05, 3.63) is 48.0 Å². The third kappa shape index (κ3) is 4.05. The number of primary sulfonamides is 1. The highest BCUT2D eigenvalue weighted by molar-refractivity contribution is 7.89. The summed E-state index contributed by atoms with van der Waals surface area (Å²) in [5.74, 6) is 0.189. The van der Waals surface area contributed by atoms with Gasteiger partial charge in [0.25, 0.3) is 0 Å². The molecular weight excluding hydrogens is 460 g/mol. The normalized spacial score (nSPS) is 28.3. The Bertz CT molecular complexity index is 1330. The van der Waals surface area contributed by atoms with Gasteiger partial charge in [0.2, 0.25) is 10.0 Å². The number of nitrogens with one attached hydrogen (secondary N) is 1. The second-order valence-corrected chi connectivity index (χ2v) is 11.4. The molecule has 0 spiro atoms. The molecule has 11 nitrogen and oxygen atoms in total. The zero-order valence-electron chi connectivity index (χ0n) is 18.9. The van der Waals surface area contributed by atoms with Crippen LogP contribution in [-0.4, -0.2) is 62.2 Å². The van der Waals surface area contributed by atoms with Gasteiger partial charge in [0.05, 0.1) is 24.2 Å². The lowest BCUT2D eigenvalue weighted by Gasteiger charge is -2.20. The van der Waals surface area contributed by atoms with E-state index in [4.69, 9.17) is 9.88 Å². The second kappa shape index (κ2) is 8.24. The van der Waals surface area contributed by atoms with Gasteiger partial charge in [-0.3, -0.25) is 4.57 Å². The molecule has 0 amide bonds. The summed E-state index contributed by atoms with van der Waals surface area (Å²) in [4.78, 5) is 13.2. The standard InChI is InChI=1S/C22H28N6O5S/c1-22(2)9-14(12-5-3-4-6-13(12)22)27-19-16-20(25-10-24-19)28(11-26-16)21-18(30)17(29)15(33-21)7-8-34(23,31)32/h3-6,10-11,14-15,17-18,21,29-30H,7-9H2,1-2H3,(H2,23,31,32)(H,24,25,27)/t14?,15-,17-,18-,21-/m1/s1. The van der Waals surface area contributed by atoms with Crippen molar-refractivity contribution in [1.29, 1.82) is 0 Å². The summed E-state index contributed by atoms with van der Waals surface area (Å²) in [6, 6.07) is 8.38. The molecule has 2 aromatic heterocycles. The summed E-state index contributed by atoms with van der Waals surface area (Å²) in [6.07, 6.45) is -0.727. The summed E-state index contributed by atoms with van der Waals surface area (Å²) >= 11 is 0. The number of ether oxygens (including phenoxy) is 1. The van der Waals surface area contributed by atoms with Crippen molar-refractivity contribution in [1.82, 2.24) is 19.5 Å². The molecule has 34 heavy (non-hydrogen) atoms.